The van der Waals surface area contributed by atoms with Gasteiger partial charge in [-0.25, -0.2) is 14.4 Å². The second-order valence-electron chi connectivity index (χ2n) is 9.76. The molecule has 7 nitrogen and oxygen atoms in total. The molecule has 0 bridgehead atoms. The molecule has 2 aromatic rings. The quantitative estimate of drug-likeness (QED) is 0.386. The number of aromatic nitrogens is 2. The van der Waals surface area contributed by atoms with Crippen molar-refractivity contribution < 1.29 is 13.9 Å². The van der Waals surface area contributed by atoms with Gasteiger partial charge in [0.15, 0.2) is 5.15 Å². The second-order valence-corrected chi connectivity index (χ2v) is 10.1. The van der Waals surface area contributed by atoms with Gasteiger partial charge in [0.2, 0.25) is 0 Å². The number of hydrogen-bond acceptors (Lipinski definition) is 7. The Labute approximate surface area is 212 Å². The number of rotatable bonds is 10. The molecule has 2 fully saturated rings. The minimum Gasteiger partial charge on any atom is -0.383 e. The van der Waals surface area contributed by atoms with Crippen LogP contribution in [0.15, 0.2) is 24.5 Å². The van der Waals surface area contributed by atoms with E-state index >= 15 is 0 Å². The summed E-state index contributed by atoms with van der Waals surface area (Å²) in [6.07, 6.45) is 9.18. The van der Waals surface area contributed by atoms with Crippen LogP contribution in [-0.4, -0.2) is 61.6 Å². The van der Waals surface area contributed by atoms with Crippen LogP contribution in [0.25, 0.3) is 11.1 Å². The van der Waals surface area contributed by atoms with Crippen molar-refractivity contribution in [2.75, 3.05) is 44.1 Å². The Hall–Kier alpha value is -2.00. The summed E-state index contributed by atoms with van der Waals surface area (Å²) in [5, 5.41) is 10.9. The third-order valence-electron chi connectivity index (χ3n) is 6.94. The molecule has 35 heavy (non-hydrogen) atoms. The molecule has 0 amide bonds. The number of ether oxygens (including phenoxy) is 2. The predicted molar refractivity (Wildman–Crippen MR) is 139 cm³/mol. The molecule has 1 saturated carbocycles. The van der Waals surface area contributed by atoms with Gasteiger partial charge in [-0.3, -0.25) is 0 Å². The molecule has 0 radical (unpaired) electrons. The van der Waals surface area contributed by atoms with E-state index in [1.54, 1.807) is 19.4 Å². The summed E-state index contributed by atoms with van der Waals surface area (Å²) in [7, 11) is 1.73. The Morgan fingerprint density at radius 3 is 2.57 bits per heavy atom. The van der Waals surface area contributed by atoms with Crippen LogP contribution in [0, 0.1) is 11.7 Å². The second kappa shape index (κ2) is 12.8. The monoisotopic (exact) mass is 505 g/mol. The van der Waals surface area contributed by atoms with Crippen molar-refractivity contribution in [1.82, 2.24) is 15.3 Å². The van der Waals surface area contributed by atoms with Crippen molar-refractivity contribution in [3.05, 3.63) is 35.5 Å². The van der Waals surface area contributed by atoms with Crippen molar-refractivity contribution in [2.24, 2.45) is 5.92 Å². The molecule has 1 saturated heterocycles. The van der Waals surface area contributed by atoms with Crippen molar-refractivity contribution in [2.45, 2.75) is 63.6 Å². The molecule has 2 aliphatic rings. The minimum absolute atomic E-state index is 0.316. The molecule has 0 spiro atoms. The summed E-state index contributed by atoms with van der Waals surface area (Å²) in [4.78, 5) is 8.60. The first kappa shape index (κ1) is 26.1. The lowest BCUT2D eigenvalue weighted by Crippen LogP contribution is -2.42. The smallest absolute Gasteiger partial charge is 0.152 e. The first-order valence-electron chi connectivity index (χ1n) is 12.7. The number of nitrogens with one attached hydrogen (secondary N) is 3. The fourth-order valence-corrected chi connectivity index (χ4v) is 5.15. The van der Waals surface area contributed by atoms with Crippen LogP contribution in [0.3, 0.4) is 0 Å². The SMILES string of the molecule is COC[C@H](C)NC1CCC(Nc2cc(-c3cnc(Cl)c(NCC4CCOCC4)c3)c(F)cn2)CC1. The standard InChI is InChI=1S/C26H37ClFN5O2/c1-17(16-34-2)32-20-3-5-21(6-4-20)33-25-12-22(23(28)15-30-25)19-11-24(26(27)31-14-19)29-13-18-7-9-35-10-8-18/h11-12,14-15,17-18,20-21,29,32H,3-10,13,16H2,1-2H3,(H,30,33)/t17-,20?,21?/m0/s1. The number of pyridine rings is 2. The molecule has 1 aliphatic heterocycles. The van der Waals surface area contributed by atoms with E-state index in [1.807, 2.05) is 6.07 Å². The van der Waals surface area contributed by atoms with Gasteiger partial charge in [0, 0.05) is 62.3 Å². The molecule has 4 rings (SSSR count). The third-order valence-corrected chi connectivity index (χ3v) is 7.24. The molecule has 3 heterocycles. The Morgan fingerprint density at radius 2 is 1.83 bits per heavy atom. The first-order valence-corrected chi connectivity index (χ1v) is 13.0. The van der Waals surface area contributed by atoms with Crippen LogP contribution in [-0.2, 0) is 9.47 Å². The van der Waals surface area contributed by atoms with E-state index in [-0.39, 0.29) is 5.82 Å². The molecule has 1 atom stereocenters. The predicted octanol–water partition coefficient (Wildman–Crippen LogP) is 5.12. The van der Waals surface area contributed by atoms with Crippen LogP contribution in [0.4, 0.5) is 15.9 Å². The lowest BCUT2D eigenvalue weighted by molar-refractivity contribution is 0.0699. The molecular formula is C26H37ClFN5O2. The van der Waals surface area contributed by atoms with E-state index in [9.17, 15) is 4.39 Å². The maximum absolute atomic E-state index is 14.8. The summed E-state index contributed by atoms with van der Waals surface area (Å²) in [5.41, 5.74) is 1.85. The van der Waals surface area contributed by atoms with Gasteiger partial charge < -0.3 is 25.4 Å². The fraction of sp³-hybridized carbons (Fsp3) is 0.615. The van der Waals surface area contributed by atoms with Crippen LogP contribution >= 0.6 is 11.6 Å². The van der Waals surface area contributed by atoms with Crippen molar-refractivity contribution in [3.8, 4) is 11.1 Å². The Balaban J connectivity index is 1.37. The normalized spacial score (nSPS) is 22.1. The number of halogens is 2. The Bertz CT molecular complexity index is 951. The maximum Gasteiger partial charge on any atom is 0.152 e. The van der Waals surface area contributed by atoms with E-state index < -0.39 is 0 Å². The number of methoxy groups -OCH3 is 1. The van der Waals surface area contributed by atoms with Crippen LogP contribution in [0.1, 0.15) is 45.4 Å². The average molecular weight is 506 g/mol. The number of anilines is 2. The molecule has 2 aromatic heterocycles. The zero-order valence-corrected chi connectivity index (χ0v) is 21.4. The molecule has 1 aliphatic carbocycles. The summed E-state index contributed by atoms with van der Waals surface area (Å²) >= 11 is 6.33. The maximum atomic E-state index is 14.8. The molecule has 0 aromatic carbocycles. The average Bonchev–Trinajstić information content (AvgIpc) is 2.87. The molecule has 9 heteroatoms. The zero-order valence-electron chi connectivity index (χ0n) is 20.7. The topological polar surface area (TPSA) is 80.3 Å². The van der Waals surface area contributed by atoms with Gasteiger partial charge in [-0.1, -0.05) is 11.6 Å². The van der Waals surface area contributed by atoms with E-state index in [1.165, 1.54) is 6.20 Å². The van der Waals surface area contributed by atoms with Gasteiger partial charge >= 0.3 is 0 Å². The molecular weight excluding hydrogens is 469 g/mol. The van der Waals surface area contributed by atoms with Crippen molar-refractivity contribution >= 4 is 23.1 Å². The van der Waals surface area contributed by atoms with Gasteiger partial charge in [0.1, 0.15) is 11.6 Å². The summed E-state index contributed by atoms with van der Waals surface area (Å²) in [6.45, 7) is 5.24. The highest BCUT2D eigenvalue weighted by Crippen LogP contribution is 2.31. The lowest BCUT2D eigenvalue weighted by atomic mass is 9.90. The highest BCUT2D eigenvalue weighted by molar-refractivity contribution is 6.32. The van der Waals surface area contributed by atoms with Crippen molar-refractivity contribution in [1.29, 1.82) is 0 Å². The fourth-order valence-electron chi connectivity index (χ4n) is 4.98. The number of hydrogen-bond donors (Lipinski definition) is 3. The van der Waals surface area contributed by atoms with Gasteiger partial charge in [-0.2, -0.15) is 0 Å². The van der Waals surface area contributed by atoms with Gasteiger partial charge in [0.25, 0.3) is 0 Å². The molecule has 192 valence electrons. The Kier molecular flexibility index (Phi) is 9.54. The minimum atomic E-state index is -0.380. The van der Waals surface area contributed by atoms with Crippen LogP contribution in [0.2, 0.25) is 5.15 Å². The van der Waals surface area contributed by atoms with E-state index in [2.05, 4.69) is 32.8 Å². The molecule has 3 N–H and O–H groups in total. The van der Waals surface area contributed by atoms with E-state index in [0.717, 1.165) is 64.0 Å². The lowest BCUT2D eigenvalue weighted by Gasteiger charge is -2.31. The van der Waals surface area contributed by atoms with Crippen molar-refractivity contribution in [3.63, 3.8) is 0 Å². The summed E-state index contributed by atoms with van der Waals surface area (Å²) in [6, 6.07) is 4.81. The highest BCUT2D eigenvalue weighted by Gasteiger charge is 2.23. The van der Waals surface area contributed by atoms with E-state index in [0.29, 0.717) is 52.7 Å². The van der Waals surface area contributed by atoms with Gasteiger partial charge in [-0.05, 0) is 63.5 Å². The highest BCUT2D eigenvalue weighted by atomic mass is 35.5. The van der Waals surface area contributed by atoms with Gasteiger partial charge in [-0.15, -0.1) is 0 Å². The largest absolute Gasteiger partial charge is 0.383 e. The zero-order chi connectivity index (χ0) is 24.6. The molecule has 0 unspecified atom stereocenters. The van der Waals surface area contributed by atoms with Crippen LogP contribution in [0.5, 0.6) is 0 Å². The van der Waals surface area contributed by atoms with E-state index in [4.69, 9.17) is 21.1 Å². The van der Waals surface area contributed by atoms with Crippen LogP contribution < -0.4 is 16.0 Å². The first-order chi connectivity index (χ1) is 17.0. The third kappa shape index (κ3) is 7.49. The number of nitrogens with zero attached hydrogens (tertiary/aromatic N) is 2. The summed E-state index contributed by atoms with van der Waals surface area (Å²) < 4.78 is 25.4. The summed E-state index contributed by atoms with van der Waals surface area (Å²) in [5.74, 6) is 0.831. The van der Waals surface area contributed by atoms with Gasteiger partial charge in [0.05, 0.1) is 18.5 Å². The Morgan fingerprint density at radius 1 is 1.09 bits per heavy atom.